The van der Waals surface area contributed by atoms with E-state index in [9.17, 15) is 4.21 Å². The lowest BCUT2D eigenvalue weighted by Gasteiger charge is -2.25. The van der Waals surface area contributed by atoms with Crippen LogP contribution in [0.25, 0.3) is 0 Å². The average molecular weight is 204 g/mol. The molecule has 4 heteroatoms. The summed E-state index contributed by atoms with van der Waals surface area (Å²) in [6.07, 6.45) is 2.67. The van der Waals surface area contributed by atoms with Crippen molar-refractivity contribution in [1.29, 1.82) is 4.78 Å². The molecule has 1 fully saturated rings. The van der Waals surface area contributed by atoms with E-state index in [1.165, 1.54) is 12.7 Å². The molecule has 3 atom stereocenters. The van der Waals surface area contributed by atoms with Gasteiger partial charge in [0.15, 0.2) is 0 Å². The Kier molecular flexibility index (Phi) is 2.50. The Balaban J connectivity index is 2.66. The van der Waals surface area contributed by atoms with Crippen LogP contribution in [0.1, 0.15) is 27.2 Å². The van der Waals surface area contributed by atoms with Crippen LogP contribution in [-0.4, -0.2) is 27.9 Å². The fraction of sp³-hybridized carbons (Fsp3) is 1.00. The van der Waals surface area contributed by atoms with Crippen molar-refractivity contribution in [2.45, 2.75) is 33.2 Å². The summed E-state index contributed by atoms with van der Waals surface area (Å²) < 4.78 is 20.6. The summed E-state index contributed by atoms with van der Waals surface area (Å²) in [4.78, 5) is 0. The van der Waals surface area contributed by atoms with Crippen LogP contribution in [0.2, 0.25) is 0 Å². The fourth-order valence-corrected chi connectivity index (χ4v) is 2.68. The van der Waals surface area contributed by atoms with Gasteiger partial charge in [-0.1, -0.05) is 13.8 Å². The summed E-state index contributed by atoms with van der Waals surface area (Å²) in [5, 5.41) is 0. The van der Waals surface area contributed by atoms with Gasteiger partial charge in [0.2, 0.25) is 0 Å². The minimum atomic E-state index is -2.52. The summed E-state index contributed by atoms with van der Waals surface area (Å²) in [6, 6.07) is 0.255. The minimum Gasteiger partial charge on any atom is -0.240 e. The number of hydrogen-bond acceptors (Lipinski definition) is 2. The number of hydrogen-bond donors (Lipinski definition) is 1. The van der Waals surface area contributed by atoms with Gasteiger partial charge in [-0.15, -0.1) is 0 Å². The number of nitrogens with zero attached hydrogens (tertiary/aromatic N) is 1. The van der Waals surface area contributed by atoms with E-state index in [2.05, 4.69) is 20.8 Å². The zero-order valence-electron chi connectivity index (χ0n) is 9.13. The first-order valence-corrected chi connectivity index (χ1v) is 6.55. The van der Waals surface area contributed by atoms with Gasteiger partial charge < -0.3 is 0 Å². The molecule has 1 rings (SSSR count). The van der Waals surface area contributed by atoms with Gasteiger partial charge in [-0.3, -0.25) is 0 Å². The largest absolute Gasteiger partial charge is 0.240 e. The van der Waals surface area contributed by atoms with Crippen molar-refractivity contribution in [3.63, 3.8) is 0 Å². The Morgan fingerprint density at radius 2 is 2.00 bits per heavy atom. The topological polar surface area (TPSA) is 44.2 Å². The van der Waals surface area contributed by atoms with E-state index in [4.69, 9.17) is 4.78 Å². The van der Waals surface area contributed by atoms with E-state index in [-0.39, 0.29) is 6.04 Å². The van der Waals surface area contributed by atoms with Crippen molar-refractivity contribution in [2.24, 2.45) is 11.3 Å². The molecule has 0 amide bonds. The first-order valence-electron chi connectivity index (χ1n) is 4.63. The lowest BCUT2D eigenvalue weighted by molar-refractivity contribution is 0.338. The van der Waals surface area contributed by atoms with Crippen molar-refractivity contribution >= 4 is 9.92 Å². The van der Waals surface area contributed by atoms with Crippen molar-refractivity contribution in [3.05, 3.63) is 0 Å². The number of rotatable bonds is 3. The van der Waals surface area contributed by atoms with Gasteiger partial charge in [-0.2, -0.15) is 0 Å². The molecular formula is C9H20N2OS. The predicted molar refractivity (Wildman–Crippen MR) is 55.9 cm³/mol. The molecule has 0 heterocycles. The summed E-state index contributed by atoms with van der Waals surface area (Å²) >= 11 is 0. The third-order valence-corrected chi connectivity index (χ3v) is 4.73. The maximum atomic E-state index is 11.5. The maximum absolute atomic E-state index is 11.5. The standard InChI is InChI=1S/C9H20N2OS/c1-7(8-6-9(8,2)3)11(4)13(5,10)12/h7-8,10H,6H2,1-5H3. The molecule has 1 aliphatic rings. The molecule has 0 aromatic carbocycles. The maximum Gasteiger partial charge on any atom is 0.104 e. The first-order chi connectivity index (χ1) is 5.66. The molecule has 0 radical (unpaired) electrons. The summed E-state index contributed by atoms with van der Waals surface area (Å²) in [6.45, 7) is 6.52. The van der Waals surface area contributed by atoms with Crippen LogP contribution in [0.4, 0.5) is 0 Å². The van der Waals surface area contributed by atoms with Crippen LogP contribution in [0.15, 0.2) is 0 Å². The Labute approximate surface area is 81.6 Å². The van der Waals surface area contributed by atoms with Crippen molar-refractivity contribution in [3.8, 4) is 0 Å². The van der Waals surface area contributed by atoms with Crippen LogP contribution in [0.3, 0.4) is 0 Å². The molecule has 3 unspecified atom stereocenters. The Bertz CT molecular complexity index is 295. The fourth-order valence-electron chi connectivity index (χ4n) is 1.90. The van der Waals surface area contributed by atoms with Crippen LogP contribution in [0.5, 0.6) is 0 Å². The Hall–Kier alpha value is -0.0900. The average Bonchev–Trinajstić information content (AvgIpc) is 2.55. The van der Waals surface area contributed by atoms with Gasteiger partial charge in [0.25, 0.3) is 0 Å². The van der Waals surface area contributed by atoms with Crippen molar-refractivity contribution in [1.82, 2.24) is 4.31 Å². The van der Waals surface area contributed by atoms with E-state index >= 15 is 0 Å². The number of nitrogens with one attached hydrogen (secondary N) is 1. The zero-order valence-corrected chi connectivity index (χ0v) is 9.94. The van der Waals surface area contributed by atoms with Crippen molar-refractivity contribution < 1.29 is 4.21 Å². The van der Waals surface area contributed by atoms with Gasteiger partial charge in [-0.05, 0) is 24.7 Å². The Morgan fingerprint density at radius 3 is 2.23 bits per heavy atom. The highest BCUT2D eigenvalue weighted by atomic mass is 32.2. The zero-order chi connectivity index (χ0) is 10.4. The molecule has 0 aliphatic heterocycles. The lowest BCUT2D eigenvalue weighted by atomic mass is 10.1. The van der Waals surface area contributed by atoms with Crippen LogP contribution < -0.4 is 0 Å². The first kappa shape index (κ1) is 11.0. The van der Waals surface area contributed by atoms with Crippen molar-refractivity contribution in [2.75, 3.05) is 13.3 Å². The minimum absolute atomic E-state index is 0.255. The van der Waals surface area contributed by atoms with Crippen LogP contribution in [0, 0.1) is 16.1 Å². The molecule has 1 aliphatic carbocycles. The normalized spacial score (nSPS) is 32.6. The second-order valence-electron chi connectivity index (χ2n) is 4.89. The van der Waals surface area contributed by atoms with Gasteiger partial charge in [0, 0.05) is 19.3 Å². The second kappa shape index (κ2) is 2.95. The SMILES string of the molecule is CC(C1CC1(C)C)N(C)S(C)(=N)=O. The molecule has 0 saturated heterocycles. The smallest absolute Gasteiger partial charge is 0.104 e. The van der Waals surface area contributed by atoms with E-state index < -0.39 is 9.92 Å². The molecule has 0 spiro atoms. The highest BCUT2D eigenvalue weighted by Gasteiger charge is 2.50. The molecule has 1 saturated carbocycles. The lowest BCUT2D eigenvalue weighted by Crippen LogP contribution is -2.35. The van der Waals surface area contributed by atoms with Gasteiger partial charge in [0.1, 0.15) is 9.92 Å². The van der Waals surface area contributed by atoms with Crippen LogP contribution >= 0.6 is 0 Å². The van der Waals surface area contributed by atoms with E-state index in [0.717, 1.165) is 0 Å². The molecule has 13 heavy (non-hydrogen) atoms. The summed E-state index contributed by atoms with van der Waals surface area (Å²) in [5.74, 6) is 0.601. The molecule has 78 valence electrons. The third kappa shape index (κ3) is 2.23. The molecule has 3 nitrogen and oxygen atoms in total. The summed E-state index contributed by atoms with van der Waals surface area (Å²) in [5.41, 5.74) is 0.387. The van der Waals surface area contributed by atoms with E-state index in [1.54, 1.807) is 11.4 Å². The molecular weight excluding hydrogens is 184 g/mol. The van der Waals surface area contributed by atoms with Crippen LogP contribution in [-0.2, 0) is 9.92 Å². The van der Waals surface area contributed by atoms with Gasteiger partial charge >= 0.3 is 0 Å². The molecule has 0 aromatic rings. The monoisotopic (exact) mass is 204 g/mol. The predicted octanol–water partition coefficient (Wildman–Crippen LogP) is 1.94. The second-order valence-corrected chi connectivity index (χ2v) is 7.07. The highest BCUT2D eigenvalue weighted by Crippen LogP contribution is 2.54. The third-order valence-electron chi connectivity index (χ3n) is 3.30. The Morgan fingerprint density at radius 1 is 1.62 bits per heavy atom. The quantitative estimate of drug-likeness (QED) is 0.750. The molecule has 0 bridgehead atoms. The van der Waals surface area contributed by atoms with Gasteiger partial charge in [0.05, 0.1) is 0 Å². The molecule has 1 N–H and O–H groups in total. The van der Waals surface area contributed by atoms with E-state index in [1.807, 2.05) is 0 Å². The van der Waals surface area contributed by atoms with Gasteiger partial charge in [-0.25, -0.2) is 13.3 Å². The van der Waals surface area contributed by atoms with E-state index in [0.29, 0.717) is 11.3 Å². The highest BCUT2D eigenvalue weighted by molar-refractivity contribution is 7.89. The summed E-state index contributed by atoms with van der Waals surface area (Å²) in [7, 11) is -0.738. The molecule has 0 aromatic heterocycles.